The Kier molecular flexibility index (Phi) is 10.8. The van der Waals surface area contributed by atoms with Gasteiger partial charge in [-0.25, -0.2) is 4.39 Å². The fourth-order valence-electron chi connectivity index (χ4n) is 4.54. The van der Waals surface area contributed by atoms with Crippen LogP contribution in [0.5, 0.6) is 5.75 Å². The van der Waals surface area contributed by atoms with Crippen LogP contribution in [0.3, 0.4) is 0 Å². The van der Waals surface area contributed by atoms with Crippen molar-refractivity contribution < 1.29 is 18.7 Å². The number of rotatable bonds is 7. The first-order valence-corrected chi connectivity index (χ1v) is 13.5. The highest BCUT2D eigenvalue weighted by Crippen LogP contribution is 2.29. The minimum Gasteiger partial charge on any atom is -0.493 e. The van der Waals surface area contributed by atoms with Gasteiger partial charge < -0.3 is 14.5 Å². The molecule has 2 aromatic rings. The predicted molar refractivity (Wildman–Crippen MR) is 147 cm³/mol. The number of carbonyl (C=O) groups excluding carboxylic acids is 2. The normalized spacial score (nSPS) is 15.5. The number of benzene rings is 2. The number of anilines is 1. The molecule has 1 aliphatic rings. The molecule has 6 nitrogen and oxygen atoms in total. The lowest BCUT2D eigenvalue weighted by molar-refractivity contribution is -0.132. The monoisotopic (exact) mass is 531 g/mol. The minimum atomic E-state index is -0.378. The highest BCUT2D eigenvalue weighted by atomic mass is 35.5. The molecule has 1 heterocycles. The lowest BCUT2D eigenvalue weighted by Crippen LogP contribution is -2.41. The quantitative estimate of drug-likeness (QED) is 0.455. The third-order valence-electron chi connectivity index (χ3n) is 6.53. The van der Waals surface area contributed by atoms with Gasteiger partial charge in [-0.1, -0.05) is 37.6 Å². The van der Waals surface area contributed by atoms with Crippen LogP contribution in [-0.4, -0.2) is 60.4 Å². The van der Waals surface area contributed by atoms with Crippen molar-refractivity contribution in [3.63, 3.8) is 0 Å². The Balaban J connectivity index is 1.85. The second kappa shape index (κ2) is 13.8. The minimum absolute atomic E-state index is 0.0553. The van der Waals surface area contributed by atoms with Gasteiger partial charge in [-0.2, -0.15) is 0 Å². The number of hydrogen-bond acceptors (Lipinski definition) is 4. The van der Waals surface area contributed by atoms with Gasteiger partial charge in [0, 0.05) is 56.3 Å². The average Bonchev–Trinajstić information content (AvgIpc) is 2.86. The van der Waals surface area contributed by atoms with Gasteiger partial charge in [0.2, 0.25) is 11.8 Å². The second-order valence-corrected chi connectivity index (χ2v) is 10.7. The molecule has 1 aliphatic heterocycles. The SMILES string of the molecule is CC(C)CC(=O)N1CCCN(C(C)C)CCN(C(=O)CCOc2cccc(F)c2)Cc2ccc(Cl)cc21. The third-order valence-corrected chi connectivity index (χ3v) is 6.77. The number of ether oxygens (including phenoxy) is 1. The number of carbonyl (C=O) groups is 2. The van der Waals surface area contributed by atoms with E-state index in [2.05, 4.69) is 18.7 Å². The van der Waals surface area contributed by atoms with Crippen LogP contribution in [-0.2, 0) is 16.1 Å². The van der Waals surface area contributed by atoms with Crippen molar-refractivity contribution in [3.05, 3.63) is 58.9 Å². The van der Waals surface area contributed by atoms with Crippen LogP contribution in [0.4, 0.5) is 10.1 Å². The van der Waals surface area contributed by atoms with Crippen molar-refractivity contribution in [1.29, 1.82) is 0 Å². The van der Waals surface area contributed by atoms with Crippen LogP contribution >= 0.6 is 11.6 Å². The predicted octanol–water partition coefficient (Wildman–Crippen LogP) is 5.77. The Hall–Kier alpha value is -2.64. The molecule has 0 fully saturated rings. The molecule has 0 spiro atoms. The van der Waals surface area contributed by atoms with Crippen molar-refractivity contribution in [3.8, 4) is 5.75 Å². The molecule has 2 aromatic carbocycles. The van der Waals surface area contributed by atoms with E-state index in [9.17, 15) is 14.0 Å². The molecule has 0 saturated carbocycles. The molecule has 0 aliphatic carbocycles. The maximum absolute atomic E-state index is 13.5. The summed E-state index contributed by atoms with van der Waals surface area (Å²) in [6.45, 7) is 11.6. The van der Waals surface area contributed by atoms with Gasteiger partial charge in [-0.15, -0.1) is 0 Å². The summed E-state index contributed by atoms with van der Waals surface area (Å²) in [5, 5.41) is 0.557. The lowest BCUT2D eigenvalue weighted by Gasteiger charge is -2.30. The molecule has 202 valence electrons. The summed E-state index contributed by atoms with van der Waals surface area (Å²) in [6, 6.07) is 11.8. The largest absolute Gasteiger partial charge is 0.493 e. The van der Waals surface area contributed by atoms with Crippen LogP contribution in [0.15, 0.2) is 42.5 Å². The lowest BCUT2D eigenvalue weighted by atomic mass is 10.1. The molecular formula is C29H39ClFN3O3. The number of halogens is 2. The molecule has 0 aromatic heterocycles. The van der Waals surface area contributed by atoms with Gasteiger partial charge in [0.1, 0.15) is 11.6 Å². The van der Waals surface area contributed by atoms with Gasteiger partial charge in [-0.3, -0.25) is 14.5 Å². The number of nitrogens with zero attached hydrogens (tertiary/aromatic N) is 3. The molecule has 0 radical (unpaired) electrons. The Morgan fingerprint density at radius 2 is 1.78 bits per heavy atom. The highest BCUT2D eigenvalue weighted by molar-refractivity contribution is 6.31. The zero-order valence-electron chi connectivity index (χ0n) is 22.4. The zero-order valence-corrected chi connectivity index (χ0v) is 23.1. The van der Waals surface area contributed by atoms with E-state index in [4.69, 9.17) is 16.3 Å². The first-order chi connectivity index (χ1) is 17.6. The van der Waals surface area contributed by atoms with Crippen molar-refractivity contribution in [2.24, 2.45) is 5.92 Å². The fraction of sp³-hybridized carbons (Fsp3) is 0.517. The standard InChI is InChI=1S/C29H39ClFN3O3/c1-21(2)17-29(36)34-13-6-12-32(22(3)4)14-15-33(20-23-9-10-24(30)18-27(23)34)28(35)11-16-37-26-8-5-7-25(31)19-26/h5,7-10,18-19,21-22H,6,11-17,20H2,1-4H3. The van der Waals surface area contributed by atoms with E-state index in [1.54, 1.807) is 18.2 Å². The molecule has 0 unspecified atom stereocenters. The highest BCUT2D eigenvalue weighted by Gasteiger charge is 2.25. The number of hydrogen-bond donors (Lipinski definition) is 0. The van der Waals surface area contributed by atoms with Crippen molar-refractivity contribution in [2.75, 3.05) is 37.7 Å². The third kappa shape index (κ3) is 8.71. The van der Waals surface area contributed by atoms with Crippen molar-refractivity contribution >= 4 is 29.1 Å². The summed E-state index contributed by atoms with van der Waals surface area (Å²) in [7, 11) is 0. The van der Waals surface area contributed by atoms with E-state index in [0.717, 1.165) is 30.8 Å². The van der Waals surface area contributed by atoms with Gasteiger partial charge in [-0.05, 0) is 56.0 Å². The molecule has 0 saturated heterocycles. The molecular weight excluding hydrogens is 493 g/mol. The van der Waals surface area contributed by atoms with Crippen molar-refractivity contribution in [1.82, 2.24) is 9.80 Å². The zero-order chi connectivity index (χ0) is 26.9. The van der Waals surface area contributed by atoms with E-state index in [0.29, 0.717) is 42.9 Å². The second-order valence-electron chi connectivity index (χ2n) is 10.3. The van der Waals surface area contributed by atoms with Gasteiger partial charge in [0.15, 0.2) is 0 Å². The topological polar surface area (TPSA) is 53.1 Å². The smallest absolute Gasteiger partial charge is 0.227 e. The summed E-state index contributed by atoms with van der Waals surface area (Å²) >= 11 is 6.38. The summed E-state index contributed by atoms with van der Waals surface area (Å²) < 4.78 is 19.1. The molecule has 0 atom stereocenters. The maximum atomic E-state index is 13.5. The molecule has 37 heavy (non-hydrogen) atoms. The van der Waals surface area contributed by atoms with E-state index < -0.39 is 0 Å². The van der Waals surface area contributed by atoms with E-state index in [1.807, 2.05) is 35.8 Å². The van der Waals surface area contributed by atoms with Crippen LogP contribution < -0.4 is 9.64 Å². The number of fused-ring (bicyclic) bond motifs is 1. The van der Waals surface area contributed by atoms with Crippen LogP contribution in [0.25, 0.3) is 0 Å². The van der Waals surface area contributed by atoms with Gasteiger partial charge in [0.05, 0.1) is 18.7 Å². The van der Waals surface area contributed by atoms with E-state index >= 15 is 0 Å². The molecule has 2 amide bonds. The molecule has 0 N–H and O–H groups in total. The average molecular weight is 532 g/mol. The number of amides is 2. The summed E-state index contributed by atoms with van der Waals surface area (Å²) in [5.41, 5.74) is 1.66. The molecule has 3 rings (SSSR count). The van der Waals surface area contributed by atoms with Gasteiger partial charge in [0.25, 0.3) is 0 Å². The van der Waals surface area contributed by atoms with E-state index in [-0.39, 0.29) is 36.6 Å². The maximum Gasteiger partial charge on any atom is 0.227 e. The Morgan fingerprint density at radius 3 is 2.49 bits per heavy atom. The fourth-order valence-corrected chi connectivity index (χ4v) is 4.71. The van der Waals surface area contributed by atoms with Crippen molar-refractivity contribution in [2.45, 2.75) is 59.5 Å². The summed E-state index contributed by atoms with van der Waals surface area (Å²) in [5.74, 6) is 0.263. The summed E-state index contributed by atoms with van der Waals surface area (Å²) in [6.07, 6.45) is 1.43. The van der Waals surface area contributed by atoms with E-state index in [1.165, 1.54) is 12.1 Å². The van der Waals surface area contributed by atoms with Crippen LogP contribution in [0, 0.1) is 11.7 Å². The molecule has 0 bridgehead atoms. The Morgan fingerprint density at radius 1 is 1.00 bits per heavy atom. The van der Waals surface area contributed by atoms with Crippen LogP contribution in [0.2, 0.25) is 5.02 Å². The Labute approximate surface area is 225 Å². The first kappa shape index (κ1) is 28.9. The molecule has 8 heteroatoms. The first-order valence-electron chi connectivity index (χ1n) is 13.1. The van der Waals surface area contributed by atoms with Crippen LogP contribution in [0.1, 0.15) is 52.5 Å². The van der Waals surface area contributed by atoms with Gasteiger partial charge >= 0.3 is 0 Å². The Bertz CT molecular complexity index is 1060. The summed E-state index contributed by atoms with van der Waals surface area (Å²) in [4.78, 5) is 32.7.